The number of hydrogen-bond donors (Lipinski definition) is 1. The van der Waals surface area contributed by atoms with Crippen LogP contribution in [0.25, 0.3) is 12.2 Å². The van der Waals surface area contributed by atoms with Crippen molar-refractivity contribution in [2.45, 2.75) is 19.9 Å². The van der Waals surface area contributed by atoms with E-state index >= 15 is 0 Å². The summed E-state index contributed by atoms with van der Waals surface area (Å²) < 4.78 is 5.75. The minimum absolute atomic E-state index is 0.841. The van der Waals surface area contributed by atoms with E-state index in [0.29, 0.717) is 0 Å². The van der Waals surface area contributed by atoms with Crippen molar-refractivity contribution in [2.24, 2.45) is 0 Å². The van der Waals surface area contributed by atoms with Crippen LogP contribution in [0.4, 0.5) is 0 Å². The Bertz CT molecular complexity index is 374. The van der Waals surface area contributed by atoms with Gasteiger partial charge in [-0.05, 0) is 26.0 Å². The van der Waals surface area contributed by atoms with Gasteiger partial charge < -0.3 is 9.73 Å². The smallest absolute Gasteiger partial charge is 0.134 e. The highest BCUT2D eigenvalue weighted by Gasteiger charge is 2.18. The molecule has 0 aliphatic carbocycles. The van der Waals surface area contributed by atoms with Gasteiger partial charge in [-0.25, -0.2) is 0 Å². The third-order valence-electron chi connectivity index (χ3n) is 2.52. The first-order valence-corrected chi connectivity index (χ1v) is 4.97. The fraction of sp³-hybridized carbons (Fsp3) is 0.333. The molecule has 0 atom stereocenters. The predicted molar refractivity (Wildman–Crippen MR) is 58.9 cm³/mol. The van der Waals surface area contributed by atoms with Crippen molar-refractivity contribution in [3.8, 4) is 0 Å². The molecule has 1 N–H and O–H groups in total. The number of nitrogens with one attached hydrogen (secondary N) is 1. The molecule has 14 heavy (non-hydrogen) atoms. The van der Waals surface area contributed by atoms with Crippen molar-refractivity contribution >= 4 is 12.2 Å². The second-order valence-corrected chi connectivity index (χ2v) is 3.41. The zero-order valence-electron chi connectivity index (χ0n) is 8.47. The average molecular weight is 189 g/mol. The van der Waals surface area contributed by atoms with Gasteiger partial charge >= 0.3 is 0 Å². The maximum Gasteiger partial charge on any atom is 0.134 e. The average Bonchev–Trinajstić information content (AvgIpc) is 2.55. The summed E-state index contributed by atoms with van der Waals surface area (Å²) in [5.41, 5.74) is 2.49. The first-order valence-electron chi connectivity index (χ1n) is 4.97. The highest BCUT2D eigenvalue weighted by Crippen LogP contribution is 2.27. The second-order valence-electron chi connectivity index (χ2n) is 3.41. The van der Waals surface area contributed by atoms with E-state index in [0.717, 1.165) is 31.0 Å². The van der Waals surface area contributed by atoms with Crippen LogP contribution in [0.3, 0.4) is 0 Å². The van der Waals surface area contributed by atoms with Gasteiger partial charge in [-0.3, -0.25) is 0 Å². The molecule has 0 radical (unpaired) electrons. The molecule has 1 aromatic heterocycles. The lowest BCUT2D eigenvalue weighted by Gasteiger charge is -2.11. The first-order chi connectivity index (χ1) is 6.86. The van der Waals surface area contributed by atoms with E-state index in [9.17, 15) is 0 Å². The minimum Gasteiger partial charge on any atom is -0.459 e. The van der Waals surface area contributed by atoms with Crippen LogP contribution < -0.4 is 5.32 Å². The van der Waals surface area contributed by atoms with Crippen LogP contribution in [0, 0.1) is 0 Å². The fourth-order valence-corrected chi connectivity index (χ4v) is 1.88. The molecule has 0 spiro atoms. The summed E-state index contributed by atoms with van der Waals surface area (Å²) in [5.74, 6) is 2.01. The van der Waals surface area contributed by atoms with Gasteiger partial charge in [0, 0.05) is 11.1 Å². The molecule has 0 unspecified atom stereocenters. The molecule has 0 fully saturated rings. The third kappa shape index (κ3) is 1.42. The number of furan rings is 1. The maximum atomic E-state index is 5.75. The Morgan fingerprint density at radius 2 is 2.36 bits per heavy atom. The third-order valence-corrected chi connectivity index (χ3v) is 2.52. The van der Waals surface area contributed by atoms with Gasteiger partial charge in [-0.15, -0.1) is 0 Å². The zero-order chi connectivity index (χ0) is 9.97. The van der Waals surface area contributed by atoms with Crippen molar-refractivity contribution in [1.82, 2.24) is 5.32 Å². The van der Waals surface area contributed by atoms with Gasteiger partial charge in [-0.2, -0.15) is 0 Å². The normalized spacial score (nSPS) is 15.8. The van der Waals surface area contributed by atoms with Gasteiger partial charge in [0.25, 0.3) is 0 Å². The van der Waals surface area contributed by atoms with Crippen molar-refractivity contribution < 1.29 is 4.42 Å². The van der Waals surface area contributed by atoms with Crippen LogP contribution in [0.5, 0.6) is 0 Å². The molecular weight excluding hydrogens is 174 g/mol. The second kappa shape index (κ2) is 3.84. The molecule has 2 heterocycles. The zero-order valence-corrected chi connectivity index (χ0v) is 8.47. The largest absolute Gasteiger partial charge is 0.459 e. The Labute approximate surface area is 84.3 Å². The molecular formula is C12H15NO. The Morgan fingerprint density at radius 3 is 3.07 bits per heavy atom. The summed E-state index contributed by atoms with van der Waals surface area (Å²) in [4.78, 5) is 0. The van der Waals surface area contributed by atoms with E-state index < -0.39 is 0 Å². The summed E-state index contributed by atoms with van der Waals surface area (Å²) in [6.45, 7) is 7.70. The molecule has 2 heteroatoms. The predicted octanol–water partition coefficient (Wildman–Crippen LogP) is 2.60. The SMILES string of the molecule is C=Cc1c(/C=C\C)oc2c1CCNC2. The number of rotatable bonds is 2. The van der Waals surface area contributed by atoms with Crippen molar-refractivity contribution in [3.63, 3.8) is 0 Å². The quantitative estimate of drug-likeness (QED) is 0.773. The fourth-order valence-electron chi connectivity index (χ4n) is 1.88. The van der Waals surface area contributed by atoms with E-state index in [1.807, 2.05) is 25.2 Å². The summed E-state index contributed by atoms with van der Waals surface area (Å²) in [7, 11) is 0. The molecule has 2 rings (SSSR count). The van der Waals surface area contributed by atoms with Gasteiger partial charge in [0.15, 0.2) is 0 Å². The molecule has 74 valence electrons. The molecule has 0 amide bonds. The monoisotopic (exact) mass is 189 g/mol. The van der Waals surface area contributed by atoms with Crippen LogP contribution in [-0.2, 0) is 13.0 Å². The molecule has 1 aromatic rings. The Balaban J connectivity index is 2.51. The lowest BCUT2D eigenvalue weighted by molar-refractivity contribution is 0.458. The van der Waals surface area contributed by atoms with Gasteiger partial charge in [0.05, 0.1) is 6.54 Å². The lowest BCUT2D eigenvalue weighted by Crippen LogP contribution is -2.22. The van der Waals surface area contributed by atoms with E-state index in [-0.39, 0.29) is 0 Å². The van der Waals surface area contributed by atoms with E-state index in [1.54, 1.807) is 0 Å². The maximum absolute atomic E-state index is 5.75. The Kier molecular flexibility index (Phi) is 2.55. The molecule has 0 aromatic carbocycles. The highest BCUT2D eigenvalue weighted by molar-refractivity contribution is 5.65. The van der Waals surface area contributed by atoms with E-state index in [4.69, 9.17) is 4.42 Å². The summed E-state index contributed by atoms with van der Waals surface area (Å²) in [6.07, 6.45) is 6.92. The molecule has 0 saturated carbocycles. The Hall–Kier alpha value is -1.28. The number of fused-ring (bicyclic) bond motifs is 1. The molecule has 0 bridgehead atoms. The van der Waals surface area contributed by atoms with Gasteiger partial charge in [0.2, 0.25) is 0 Å². The van der Waals surface area contributed by atoms with Crippen LogP contribution >= 0.6 is 0 Å². The lowest BCUT2D eigenvalue weighted by atomic mass is 10.0. The highest BCUT2D eigenvalue weighted by atomic mass is 16.3. The summed E-state index contributed by atoms with van der Waals surface area (Å²) >= 11 is 0. The van der Waals surface area contributed by atoms with Crippen LogP contribution in [0.2, 0.25) is 0 Å². The van der Waals surface area contributed by atoms with Crippen molar-refractivity contribution in [3.05, 3.63) is 35.3 Å². The summed E-state index contributed by atoms with van der Waals surface area (Å²) in [5, 5.41) is 3.30. The Morgan fingerprint density at radius 1 is 1.50 bits per heavy atom. The van der Waals surface area contributed by atoms with Gasteiger partial charge in [-0.1, -0.05) is 18.7 Å². The number of allylic oxidation sites excluding steroid dienone is 1. The van der Waals surface area contributed by atoms with Crippen molar-refractivity contribution in [1.29, 1.82) is 0 Å². The van der Waals surface area contributed by atoms with E-state index in [2.05, 4.69) is 11.9 Å². The van der Waals surface area contributed by atoms with Crippen LogP contribution in [0.15, 0.2) is 17.1 Å². The molecule has 2 nitrogen and oxygen atoms in total. The molecule has 1 aliphatic rings. The first kappa shape index (κ1) is 9.28. The van der Waals surface area contributed by atoms with Gasteiger partial charge in [0.1, 0.15) is 11.5 Å². The van der Waals surface area contributed by atoms with Crippen molar-refractivity contribution in [2.75, 3.05) is 6.54 Å². The van der Waals surface area contributed by atoms with Crippen LogP contribution in [0.1, 0.15) is 29.6 Å². The van der Waals surface area contributed by atoms with Crippen LogP contribution in [-0.4, -0.2) is 6.54 Å². The number of hydrogen-bond acceptors (Lipinski definition) is 2. The van der Waals surface area contributed by atoms with E-state index in [1.165, 1.54) is 11.1 Å². The molecule has 0 saturated heterocycles. The molecule has 1 aliphatic heterocycles. The standard InChI is InChI=1S/C12H15NO/c1-3-5-11-9(4-2)10-6-7-13-8-12(10)14-11/h3-5,13H,2,6-8H2,1H3/b5-3-. The topological polar surface area (TPSA) is 25.2 Å². The summed E-state index contributed by atoms with van der Waals surface area (Å²) in [6, 6.07) is 0. The minimum atomic E-state index is 0.841.